The topological polar surface area (TPSA) is 27.7 Å². The smallest absolute Gasteiger partial charge is 0.169 e. The van der Waals surface area contributed by atoms with E-state index in [-0.39, 0.29) is 0 Å². The van der Waals surface area contributed by atoms with Gasteiger partial charge < -0.3 is 15.0 Å². The lowest BCUT2D eigenvalue weighted by Gasteiger charge is -2.30. The Kier molecular flexibility index (Phi) is 8.96. The molecule has 1 fully saturated rings. The molecule has 2 rings (SSSR count). The first-order valence-electron chi connectivity index (χ1n) is 9.12. The van der Waals surface area contributed by atoms with Crippen LogP contribution in [0.4, 0.5) is 0 Å². The predicted molar refractivity (Wildman–Crippen MR) is 109 cm³/mol. The van der Waals surface area contributed by atoms with Crippen molar-refractivity contribution in [3.63, 3.8) is 0 Å². The van der Waals surface area contributed by atoms with Gasteiger partial charge >= 0.3 is 0 Å². The molecule has 0 radical (unpaired) electrons. The van der Waals surface area contributed by atoms with Crippen LogP contribution in [0.25, 0.3) is 0 Å². The molecular formula is C19H30ClN3OS. The van der Waals surface area contributed by atoms with E-state index in [0.717, 1.165) is 69.0 Å². The summed E-state index contributed by atoms with van der Waals surface area (Å²) < 4.78 is 5.41. The van der Waals surface area contributed by atoms with Crippen LogP contribution in [0.2, 0.25) is 5.02 Å². The summed E-state index contributed by atoms with van der Waals surface area (Å²) in [6.07, 6.45) is 1.09. The summed E-state index contributed by atoms with van der Waals surface area (Å²) in [7, 11) is 0. The van der Waals surface area contributed by atoms with Gasteiger partial charge in [-0.1, -0.05) is 37.6 Å². The van der Waals surface area contributed by atoms with Crippen molar-refractivity contribution in [2.24, 2.45) is 5.92 Å². The zero-order valence-electron chi connectivity index (χ0n) is 15.3. The summed E-state index contributed by atoms with van der Waals surface area (Å²) in [5.41, 5.74) is 1.19. The van der Waals surface area contributed by atoms with Crippen molar-refractivity contribution >= 4 is 28.9 Å². The van der Waals surface area contributed by atoms with Gasteiger partial charge in [-0.15, -0.1) is 0 Å². The average molecular weight is 384 g/mol. The molecule has 25 heavy (non-hydrogen) atoms. The molecule has 140 valence electrons. The van der Waals surface area contributed by atoms with Crippen LogP contribution in [-0.4, -0.2) is 60.8 Å². The molecule has 1 aromatic carbocycles. The van der Waals surface area contributed by atoms with Gasteiger partial charge in [0, 0.05) is 44.3 Å². The molecule has 0 bridgehead atoms. The van der Waals surface area contributed by atoms with Crippen molar-refractivity contribution in [1.29, 1.82) is 0 Å². The Hall–Kier alpha value is -0.880. The molecule has 0 amide bonds. The average Bonchev–Trinajstić information content (AvgIpc) is 2.60. The molecule has 1 N–H and O–H groups in total. The number of hydrogen-bond acceptors (Lipinski definition) is 3. The number of nitrogens with one attached hydrogen (secondary N) is 1. The number of thiocarbonyl (C=S) groups is 1. The molecule has 4 nitrogen and oxygen atoms in total. The minimum atomic E-state index is 0.569. The van der Waals surface area contributed by atoms with Gasteiger partial charge in [-0.3, -0.25) is 4.90 Å². The first-order valence-corrected chi connectivity index (χ1v) is 9.90. The number of nitrogens with zero attached hydrogens (tertiary/aromatic N) is 2. The fraction of sp³-hybridized carbons (Fsp3) is 0.632. The molecule has 0 aliphatic carbocycles. The van der Waals surface area contributed by atoms with Crippen molar-refractivity contribution in [3.8, 4) is 0 Å². The molecule has 0 aromatic heterocycles. The summed E-state index contributed by atoms with van der Waals surface area (Å²) in [6.45, 7) is 11.8. The fourth-order valence-corrected chi connectivity index (χ4v) is 3.27. The maximum Gasteiger partial charge on any atom is 0.169 e. The summed E-state index contributed by atoms with van der Waals surface area (Å²) in [5, 5.41) is 5.00. The van der Waals surface area contributed by atoms with E-state index in [9.17, 15) is 0 Å². The van der Waals surface area contributed by atoms with Gasteiger partial charge in [0.05, 0.1) is 13.2 Å². The van der Waals surface area contributed by atoms with E-state index < -0.39 is 0 Å². The lowest BCUT2D eigenvalue weighted by molar-refractivity contribution is 0.0367. The van der Waals surface area contributed by atoms with Gasteiger partial charge in [-0.2, -0.15) is 0 Å². The third kappa shape index (κ3) is 7.90. The van der Waals surface area contributed by atoms with Gasteiger partial charge in [0.1, 0.15) is 0 Å². The lowest BCUT2D eigenvalue weighted by Crippen LogP contribution is -2.43. The number of morpholine rings is 1. The minimum absolute atomic E-state index is 0.569. The molecule has 1 saturated heterocycles. The number of hydrogen-bond donors (Lipinski definition) is 1. The van der Waals surface area contributed by atoms with E-state index in [2.05, 4.69) is 35.0 Å². The molecule has 0 atom stereocenters. The minimum Gasteiger partial charge on any atom is -0.379 e. The maximum atomic E-state index is 6.13. The molecule has 1 aliphatic heterocycles. The second-order valence-corrected chi connectivity index (χ2v) is 7.76. The van der Waals surface area contributed by atoms with Crippen molar-refractivity contribution in [2.75, 3.05) is 45.9 Å². The first kappa shape index (κ1) is 20.4. The largest absolute Gasteiger partial charge is 0.379 e. The van der Waals surface area contributed by atoms with Crippen molar-refractivity contribution in [3.05, 3.63) is 34.9 Å². The summed E-state index contributed by atoms with van der Waals surface area (Å²) in [6, 6.07) is 8.02. The first-order chi connectivity index (χ1) is 12.0. The molecule has 1 aromatic rings. The Bertz CT molecular complexity index is 535. The molecule has 6 heteroatoms. The summed E-state index contributed by atoms with van der Waals surface area (Å²) in [5.74, 6) is 0.569. The third-order valence-corrected chi connectivity index (χ3v) is 4.85. The second-order valence-electron chi connectivity index (χ2n) is 6.94. The van der Waals surface area contributed by atoms with Crippen molar-refractivity contribution in [1.82, 2.24) is 15.1 Å². The van der Waals surface area contributed by atoms with Gasteiger partial charge in [0.15, 0.2) is 5.11 Å². The van der Waals surface area contributed by atoms with Crippen LogP contribution in [-0.2, 0) is 11.3 Å². The number of halogens is 1. The van der Waals surface area contributed by atoms with E-state index in [0.29, 0.717) is 5.92 Å². The standard InChI is InChI=1S/C19H30ClN3OS/c1-16(2)14-21-19(25)23(15-17-5-3-6-18(20)13-17)8-4-7-22-9-11-24-12-10-22/h3,5-6,13,16H,4,7-12,14-15H2,1-2H3,(H,21,25). The normalized spacial score (nSPS) is 15.4. The van der Waals surface area contributed by atoms with Crippen LogP contribution in [0.15, 0.2) is 24.3 Å². The molecule has 1 heterocycles. The number of rotatable bonds is 8. The van der Waals surface area contributed by atoms with Crippen LogP contribution in [0.5, 0.6) is 0 Å². The van der Waals surface area contributed by atoms with Crippen LogP contribution in [0.1, 0.15) is 25.8 Å². The monoisotopic (exact) mass is 383 g/mol. The van der Waals surface area contributed by atoms with E-state index in [1.54, 1.807) is 0 Å². The second kappa shape index (κ2) is 11.0. The van der Waals surface area contributed by atoms with E-state index in [1.165, 1.54) is 5.56 Å². The summed E-state index contributed by atoms with van der Waals surface area (Å²) in [4.78, 5) is 4.72. The molecule has 0 spiro atoms. The molecular weight excluding hydrogens is 354 g/mol. The highest BCUT2D eigenvalue weighted by molar-refractivity contribution is 7.80. The number of ether oxygens (including phenoxy) is 1. The molecule has 1 aliphatic rings. The highest BCUT2D eigenvalue weighted by Crippen LogP contribution is 2.13. The van der Waals surface area contributed by atoms with Crippen LogP contribution in [0, 0.1) is 5.92 Å². The van der Waals surface area contributed by atoms with E-state index in [4.69, 9.17) is 28.6 Å². The quantitative estimate of drug-likeness (QED) is 0.694. The van der Waals surface area contributed by atoms with Crippen LogP contribution >= 0.6 is 23.8 Å². The fourth-order valence-electron chi connectivity index (χ4n) is 2.82. The van der Waals surface area contributed by atoms with Crippen LogP contribution in [0.3, 0.4) is 0 Å². The zero-order valence-corrected chi connectivity index (χ0v) is 16.9. The Labute approximate surface area is 162 Å². The van der Waals surface area contributed by atoms with Gasteiger partial charge in [-0.05, 0) is 42.3 Å². The Morgan fingerprint density at radius 1 is 1.36 bits per heavy atom. The Balaban J connectivity index is 1.89. The maximum absolute atomic E-state index is 6.13. The Morgan fingerprint density at radius 3 is 2.80 bits per heavy atom. The summed E-state index contributed by atoms with van der Waals surface area (Å²) >= 11 is 11.8. The van der Waals surface area contributed by atoms with E-state index >= 15 is 0 Å². The lowest BCUT2D eigenvalue weighted by atomic mass is 10.2. The SMILES string of the molecule is CC(C)CNC(=S)N(CCCN1CCOCC1)Cc1cccc(Cl)c1. The highest BCUT2D eigenvalue weighted by atomic mass is 35.5. The number of benzene rings is 1. The third-order valence-electron chi connectivity index (χ3n) is 4.22. The zero-order chi connectivity index (χ0) is 18.1. The molecule has 0 unspecified atom stereocenters. The van der Waals surface area contributed by atoms with Gasteiger partial charge in [0.2, 0.25) is 0 Å². The van der Waals surface area contributed by atoms with Gasteiger partial charge in [-0.25, -0.2) is 0 Å². The van der Waals surface area contributed by atoms with Crippen molar-refractivity contribution < 1.29 is 4.74 Å². The van der Waals surface area contributed by atoms with Crippen LogP contribution < -0.4 is 5.32 Å². The predicted octanol–water partition coefficient (Wildman–Crippen LogP) is 3.39. The van der Waals surface area contributed by atoms with Crippen molar-refractivity contribution in [2.45, 2.75) is 26.8 Å². The molecule has 0 saturated carbocycles. The van der Waals surface area contributed by atoms with Gasteiger partial charge in [0.25, 0.3) is 0 Å². The highest BCUT2D eigenvalue weighted by Gasteiger charge is 2.14. The Morgan fingerprint density at radius 2 is 2.12 bits per heavy atom. The van der Waals surface area contributed by atoms with E-state index in [1.807, 2.05) is 18.2 Å².